The standard InChI is InChI=1S/C71H90N12O7S/c1-46-51-18-17-31-81(63(51)78-77-62(46)76-67-73-55-19-14-15-20-57(55)91-67)58-26-24-53(61(74-58)66(88)89)54-37-72-83(47(54)2)45-70-40-68(3)39-69(4,41-70)43-71(42-68,44-70)90-35-34-79(5)30-16-12-10-8-6-7-9-11-13-21-60(85)80-32-28-48(29-33-80)49-22-23-52-50(36-49)38-82(65(52)87)56-25-27-59(84)75-64(56)86/h14-15,19-20,22-24,26,36-37,48,56H,6-13,16-18,21,25,27-35,38-45H2,1-5H3,(H,88,89)(H,73,76,77)(H,75,84,86). The van der Waals surface area contributed by atoms with Crippen LogP contribution in [0.1, 0.15) is 203 Å². The van der Waals surface area contributed by atoms with Gasteiger partial charge in [-0.25, -0.2) is 14.8 Å². The summed E-state index contributed by atoms with van der Waals surface area (Å²) in [7, 11) is 2.24. The molecule has 3 unspecified atom stereocenters. The summed E-state index contributed by atoms with van der Waals surface area (Å²) in [6, 6.07) is 17.3. The SMILES string of the molecule is Cc1c(Nc2nc3ccccc3s2)nnc2c1CCCN2c1ccc(-c2cnn(CC34CC5(C)CC(C)(C3)CC(OCCN(C)CCCCCCCCCCCC(=O)N3CCC(c6ccc7c(c6)CN(C6CCC(=O)NC6=O)C7=O)CC3)(C5)C4)c2C)c(C(=O)O)n1. The van der Waals surface area contributed by atoms with E-state index in [1.807, 2.05) is 58.5 Å². The summed E-state index contributed by atoms with van der Waals surface area (Å²) in [5.74, 6) is 0.583. The largest absolute Gasteiger partial charge is 0.476 e. The minimum absolute atomic E-state index is 0.00439. The van der Waals surface area contributed by atoms with E-state index in [9.17, 15) is 29.1 Å². The number of rotatable bonds is 25. The number of likely N-dealkylation sites (N-methyl/N-ethyl adjacent to an activating group) is 1. The molecule has 0 spiro atoms. The second kappa shape index (κ2) is 25.7. The zero-order chi connectivity index (χ0) is 63.2. The third-order valence-electron chi connectivity index (χ3n) is 21.5. The Balaban J connectivity index is 0.525. The Bertz CT molecular complexity index is 3710. The number of para-hydroxylation sites is 1. The Morgan fingerprint density at radius 2 is 1.54 bits per heavy atom. The van der Waals surface area contributed by atoms with Gasteiger partial charge in [-0.05, 0) is 175 Å². The van der Waals surface area contributed by atoms with E-state index < -0.39 is 17.9 Å². The van der Waals surface area contributed by atoms with Crippen LogP contribution in [-0.2, 0) is 38.6 Å². The Morgan fingerprint density at radius 1 is 0.802 bits per heavy atom. The summed E-state index contributed by atoms with van der Waals surface area (Å²) in [6.45, 7) is 15.1. The number of fused-ring (bicyclic) bond motifs is 3. The van der Waals surface area contributed by atoms with Crippen molar-refractivity contribution in [3.05, 3.63) is 100.0 Å². The highest BCUT2D eigenvalue weighted by atomic mass is 32.1. The van der Waals surface area contributed by atoms with Crippen LogP contribution in [0.4, 0.5) is 22.6 Å². The topological polar surface area (TPSA) is 221 Å². The molecule has 6 fully saturated rings. The molecule has 3 N–H and O–H groups in total. The molecule has 6 aromatic rings. The van der Waals surface area contributed by atoms with E-state index >= 15 is 0 Å². The molecule has 4 aliphatic heterocycles. The van der Waals surface area contributed by atoms with Gasteiger partial charge in [0.1, 0.15) is 11.9 Å². The van der Waals surface area contributed by atoms with Crippen molar-refractivity contribution in [2.45, 2.75) is 200 Å². The predicted molar refractivity (Wildman–Crippen MR) is 352 cm³/mol. The van der Waals surface area contributed by atoms with E-state index in [1.54, 1.807) is 16.2 Å². The van der Waals surface area contributed by atoms with Gasteiger partial charge >= 0.3 is 5.97 Å². The lowest BCUT2D eigenvalue weighted by molar-refractivity contribution is -0.248. The Labute approximate surface area is 538 Å². The summed E-state index contributed by atoms with van der Waals surface area (Å²) in [5.41, 5.74) is 8.27. The number of pyridine rings is 1. The van der Waals surface area contributed by atoms with Crippen molar-refractivity contribution < 1.29 is 33.8 Å². The number of piperidine rings is 2. The number of unbranched alkanes of at least 4 members (excludes halogenated alkanes) is 8. The van der Waals surface area contributed by atoms with E-state index in [2.05, 4.69) is 72.2 Å². The molecule has 8 aliphatic rings. The molecule has 14 rings (SSSR count). The van der Waals surface area contributed by atoms with Crippen molar-refractivity contribution in [1.29, 1.82) is 0 Å². The van der Waals surface area contributed by atoms with E-state index in [0.717, 1.165) is 153 Å². The Morgan fingerprint density at radius 3 is 2.29 bits per heavy atom. The maximum absolute atomic E-state index is 13.2. The summed E-state index contributed by atoms with van der Waals surface area (Å²) in [4.78, 5) is 81.4. The minimum atomic E-state index is -1.08. The molecule has 4 saturated carbocycles. The number of imide groups is 1. The van der Waals surface area contributed by atoms with Crippen LogP contribution in [0.2, 0.25) is 0 Å². The highest BCUT2D eigenvalue weighted by molar-refractivity contribution is 7.22. The zero-order valence-corrected chi connectivity index (χ0v) is 54.7. The lowest BCUT2D eigenvalue weighted by Crippen LogP contribution is -2.64. The molecule has 2 aromatic carbocycles. The number of aromatic carboxylic acids is 1. The van der Waals surface area contributed by atoms with Gasteiger partial charge in [-0.2, -0.15) is 5.10 Å². The maximum Gasteiger partial charge on any atom is 0.355 e. The van der Waals surface area contributed by atoms with Crippen LogP contribution in [0.25, 0.3) is 21.3 Å². The van der Waals surface area contributed by atoms with E-state index in [4.69, 9.17) is 24.9 Å². The average molecular weight is 1260 g/mol. The van der Waals surface area contributed by atoms with Gasteiger partial charge in [0.15, 0.2) is 22.5 Å². The number of hydrogen-bond donors (Lipinski definition) is 3. The summed E-state index contributed by atoms with van der Waals surface area (Å²) in [5, 5.41) is 31.6. The molecule has 482 valence electrons. The van der Waals surface area contributed by atoms with Gasteiger partial charge in [0.25, 0.3) is 5.91 Å². The minimum Gasteiger partial charge on any atom is -0.476 e. The lowest BCUT2D eigenvalue weighted by atomic mass is 9.39. The molecule has 20 heteroatoms. The number of ether oxygens (including phenoxy) is 1. The van der Waals surface area contributed by atoms with Gasteiger partial charge in [0, 0.05) is 85.6 Å². The molecule has 4 bridgehead atoms. The summed E-state index contributed by atoms with van der Waals surface area (Å²) < 4.78 is 10.4. The number of hydrogen-bond acceptors (Lipinski definition) is 15. The Hall–Kier alpha value is -7.16. The van der Waals surface area contributed by atoms with Crippen LogP contribution >= 0.6 is 11.3 Å². The van der Waals surface area contributed by atoms with Crippen LogP contribution in [0.15, 0.2) is 60.8 Å². The van der Waals surface area contributed by atoms with Gasteiger partial charge < -0.3 is 34.8 Å². The van der Waals surface area contributed by atoms with Gasteiger partial charge in [-0.15, -0.1) is 10.2 Å². The van der Waals surface area contributed by atoms with E-state index in [0.29, 0.717) is 60.4 Å². The van der Waals surface area contributed by atoms with Gasteiger partial charge in [-0.1, -0.05) is 94.4 Å². The van der Waals surface area contributed by atoms with Crippen molar-refractivity contribution >= 4 is 73.7 Å². The van der Waals surface area contributed by atoms with Crippen LogP contribution < -0.4 is 15.5 Å². The molecular formula is C71H90N12O7S. The smallest absolute Gasteiger partial charge is 0.355 e. The van der Waals surface area contributed by atoms with Crippen molar-refractivity contribution in [1.82, 2.24) is 50.0 Å². The number of benzene rings is 2. The summed E-state index contributed by atoms with van der Waals surface area (Å²) in [6.07, 6.45) is 23.9. The van der Waals surface area contributed by atoms with Crippen LogP contribution in [0, 0.1) is 30.1 Å². The first-order valence-electron chi connectivity index (χ1n) is 33.8. The molecular weight excluding hydrogens is 1160 g/mol. The van der Waals surface area contributed by atoms with Crippen LogP contribution in [0.3, 0.4) is 0 Å². The maximum atomic E-state index is 13.2. The molecule has 8 heterocycles. The fourth-order valence-electron chi connectivity index (χ4n) is 18.2. The predicted octanol–water partition coefficient (Wildman–Crippen LogP) is 12.6. The molecule has 4 amide bonds. The third-order valence-corrected chi connectivity index (χ3v) is 22.4. The quantitative estimate of drug-likeness (QED) is 0.0358. The number of carboxylic acids is 1. The normalized spacial score (nSPS) is 24.6. The monoisotopic (exact) mass is 1250 g/mol. The van der Waals surface area contributed by atoms with E-state index in [1.165, 1.54) is 56.9 Å². The first-order valence-corrected chi connectivity index (χ1v) is 34.6. The third kappa shape index (κ3) is 13.2. The fraction of sp³-hybridized carbons (Fsp3) is 0.577. The molecule has 19 nitrogen and oxygen atoms in total. The van der Waals surface area contributed by atoms with Crippen molar-refractivity contribution in [3.63, 3.8) is 0 Å². The van der Waals surface area contributed by atoms with E-state index in [-0.39, 0.29) is 51.7 Å². The van der Waals surface area contributed by atoms with Crippen LogP contribution in [-0.4, -0.2) is 137 Å². The second-order valence-corrected chi connectivity index (χ2v) is 30.0. The molecule has 4 aromatic heterocycles. The zero-order valence-electron chi connectivity index (χ0n) is 53.9. The summed E-state index contributed by atoms with van der Waals surface area (Å²) >= 11 is 1.58. The number of amides is 4. The first kappa shape index (κ1) is 62.6. The molecule has 4 aliphatic carbocycles. The number of thiazole rings is 1. The van der Waals surface area contributed by atoms with Gasteiger partial charge in [-0.3, -0.25) is 29.2 Å². The molecule has 0 radical (unpaired) electrons. The number of nitrogens with one attached hydrogen (secondary N) is 2. The number of likely N-dealkylation sites (tertiary alicyclic amines) is 1. The van der Waals surface area contributed by atoms with Crippen molar-refractivity contribution in [2.75, 3.05) is 56.6 Å². The Kier molecular flexibility index (Phi) is 17.7. The molecule has 91 heavy (non-hydrogen) atoms. The number of carboxylic acid groups (broad SMARTS) is 1. The number of carbonyl (C=O) groups excluding carboxylic acids is 4. The van der Waals surface area contributed by atoms with Gasteiger partial charge in [0.2, 0.25) is 17.7 Å². The number of aromatic nitrogens is 6. The average Bonchev–Trinajstić information content (AvgIpc) is 0.792. The first-order chi connectivity index (χ1) is 43.8. The highest BCUT2D eigenvalue weighted by Gasteiger charge is 2.66. The highest BCUT2D eigenvalue weighted by Crippen LogP contribution is 2.72. The molecule has 2 saturated heterocycles. The number of anilines is 4. The molecule has 3 atom stereocenters. The van der Waals surface area contributed by atoms with Crippen molar-refractivity contribution in [3.8, 4) is 11.1 Å². The lowest BCUT2D eigenvalue weighted by Gasteiger charge is -2.69. The van der Waals surface area contributed by atoms with Gasteiger partial charge in [0.05, 0.1) is 28.6 Å². The van der Waals surface area contributed by atoms with Crippen LogP contribution in [0.5, 0.6) is 0 Å². The fourth-order valence-corrected chi connectivity index (χ4v) is 19.0. The number of carbonyl (C=O) groups is 5. The number of nitrogens with zero attached hydrogens (tertiary/aromatic N) is 10. The van der Waals surface area contributed by atoms with Crippen molar-refractivity contribution in [2.24, 2.45) is 16.2 Å². The second-order valence-electron chi connectivity index (χ2n) is 28.9.